The van der Waals surface area contributed by atoms with Gasteiger partial charge in [0.1, 0.15) is 34.9 Å². The molecule has 0 aromatic heterocycles. The van der Waals surface area contributed by atoms with Crippen LogP contribution in [-0.2, 0) is 34.2 Å². The maximum atomic E-state index is 14.1. The number of ether oxygens (including phenoxy) is 5. The van der Waals surface area contributed by atoms with Crippen LogP contribution in [0.3, 0.4) is 0 Å². The maximum Gasteiger partial charge on any atom is 0.415 e. The maximum absolute atomic E-state index is 14.1. The Kier molecular flexibility index (Phi) is 16.5. The number of fused-ring (bicyclic) bond motifs is 6. The summed E-state index contributed by atoms with van der Waals surface area (Å²) in [6.45, 7) is 7.68. The van der Waals surface area contributed by atoms with Crippen LogP contribution in [-0.4, -0.2) is 98.3 Å². The van der Waals surface area contributed by atoms with Crippen molar-refractivity contribution in [1.82, 2.24) is 15.5 Å². The van der Waals surface area contributed by atoms with Gasteiger partial charge in [-0.15, -0.1) is 0 Å². The van der Waals surface area contributed by atoms with E-state index >= 15 is 0 Å². The third-order valence-corrected chi connectivity index (χ3v) is 11.7. The molecule has 2 aliphatic heterocycles. The van der Waals surface area contributed by atoms with Gasteiger partial charge in [-0.05, 0) is 76.8 Å². The molecule has 2 N–H and O–H groups in total. The lowest BCUT2D eigenvalue weighted by molar-refractivity contribution is -0.145. The summed E-state index contributed by atoms with van der Waals surface area (Å²) in [7, 11) is 6.39. The molecule has 3 amide bonds. The molecule has 5 rings (SSSR count). The molecule has 3 aromatic rings. The van der Waals surface area contributed by atoms with Crippen molar-refractivity contribution in [1.29, 1.82) is 0 Å². The highest BCUT2D eigenvalue weighted by Gasteiger charge is 2.53. The monoisotopic (exact) mass is 888 g/mol. The third kappa shape index (κ3) is 12.0. The van der Waals surface area contributed by atoms with Gasteiger partial charge in [0.2, 0.25) is 5.91 Å². The number of anilines is 1. The van der Waals surface area contributed by atoms with Gasteiger partial charge in [0, 0.05) is 74.4 Å². The molecule has 0 fully saturated rings. The van der Waals surface area contributed by atoms with Crippen molar-refractivity contribution in [2.75, 3.05) is 45.5 Å². The Morgan fingerprint density at radius 2 is 1.56 bits per heavy atom. The summed E-state index contributed by atoms with van der Waals surface area (Å²) in [5.41, 5.74) is 1.08. The molecule has 16 heteroatoms. The molecule has 2 aliphatic rings. The third-order valence-electron chi connectivity index (χ3n) is 10.7. The first-order valence-electron chi connectivity index (χ1n) is 21.4. The number of hydrogen-bond acceptors (Lipinski definition) is 13. The molecule has 0 aliphatic carbocycles. The van der Waals surface area contributed by atoms with Gasteiger partial charge >= 0.3 is 24.1 Å². The first-order chi connectivity index (χ1) is 30.0. The summed E-state index contributed by atoms with van der Waals surface area (Å²) >= 11 is 0.939. The molecule has 63 heavy (non-hydrogen) atoms. The average Bonchev–Trinajstić information content (AvgIpc) is 3.53. The summed E-state index contributed by atoms with van der Waals surface area (Å²) in [6, 6.07) is 15.3. The zero-order valence-corrected chi connectivity index (χ0v) is 38.3. The Bertz CT molecular complexity index is 2160. The number of benzene rings is 3. The number of unbranched alkanes of at least 4 members (excludes halogenated alkanes) is 5. The van der Waals surface area contributed by atoms with Crippen LogP contribution in [0.5, 0.6) is 17.2 Å². The van der Waals surface area contributed by atoms with Crippen LogP contribution < -0.4 is 25.0 Å². The van der Waals surface area contributed by atoms with Crippen molar-refractivity contribution < 1.29 is 52.5 Å². The lowest BCUT2D eigenvalue weighted by atomic mass is 9.77. The highest BCUT2D eigenvalue weighted by Crippen LogP contribution is 2.57. The zero-order chi connectivity index (χ0) is 45.9. The molecule has 3 atom stereocenters. The van der Waals surface area contributed by atoms with Gasteiger partial charge in [0.05, 0.1) is 12.7 Å². The number of alkyl carbamates (subject to hydrolysis) is 1. The number of methoxy groups -OCH3 is 1. The molecule has 3 aromatic carbocycles. The first-order valence-corrected chi connectivity index (χ1v) is 22.4. The number of nitrogens with one attached hydrogen (secondary N) is 2. The van der Waals surface area contributed by atoms with E-state index in [-0.39, 0.29) is 35.3 Å². The second-order valence-electron chi connectivity index (χ2n) is 16.8. The van der Waals surface area contributed by atoms with Crippen LogP contribution in [0.2, 0.25) is 0 Å². The number of carbonyl (C=O) groups excluding carboxylic acids is 6. The summed E-state index contributed by atoms with van der Waals surface area (Å²) in [5.74, 6) is -1.16. The van der Waals surface area contributed by atoms with E-state index in [9.17, 15) is 28.8 Å². The second-order valence-corrected chi connectivity index (χ2v) is 17.9. The SMILES string of the molecule is CCCCCCCC(=O)SC[C@@H](C(=O)N[C@@H](CCCCNC(=O)OC(C)(C)C)C(=O)OC)N(C)C(=O)Oc1ccc2c(c1)Oc1cc(N(C)C)ccc1C21OC(=O)c2ccccc21. The molecule has 0 bridgehead atoms. The van der Waals surface area contributed by atoms with E-state index in [1.165, 1.54) is 20.2 Å². The summed E-state index contributed by atoms with van der Waals surface area (Å²) < 4.78 is 28.8. The van der Waals surface area contributed by atoms with Crippen molar-refractivity contribution >= 4 is 52.6 Å². The lowest BCUT2D eigenvalue weighted by Gasteiger charge is -2.37. The lowest BCUT2D eigenvalue weighted by Crippen LogP contribution is -2.54. The standard InChI is InChI=1S/C47H60N4O11S/c1-9-10-11-12-13-21-40(52)63-29-37(41(53)49-36(43(55)58-8)20-16-17-26-48-44(56)62-46(2,3)4)51(7)45(57)59-31-23-25-35-39(28-31)60-38-27-30(50(5)6)22-24-34(38)47(35)33-19-15-14-18-32(33)42(54)61-47/h14-15,18-19,22-25,27-28,36-37H,9-13,16-17,20-21,26,29H2,1-8H3,(H,48,56)(H,49,53)/t36-,37-,47?/m0/s1. The Morgan fingerprint density at radius 1 is 0.857 bits per heavy atom. The number of esters is 2. The Labute approximate surface area is 373 Å². The van der Waals surface area contributed by atoms with Crippen LogP contribution in [0.4, 0.5) is 15.3 Å². The van der Waals surface area contributed by atoms with E-state index in [1.807, 2.05) is 49.3 Å². The molecular weight excluding hydrogens is 829 g/mol. The van der Waals surface area contributed by atoms with Gasteiger partial charge < -0.3 is 39.2 Å². The number of hydrogen-bond donors (Lipinski definition) is 2. The zero-order valence-electron chi connectivity index (χ0n) is 37.5. The number of carbonyl (C=O) groups is 6. The molecule has 1 unspecified atom stereocenters. The normalized spacial score (nSPS) is 15.7. The molecule has 1 spiro atoms. The minimum absolute atomic E-state index is 0.0768. The van der Waals surface area contributed by atoms with Crippen molar-refractivity contribution in [3.63, 3.8) is 0 Å². The topological polar surface area (TPSA) is 179 Å². The van der Waals surface area contributed by atoms with Crippen molar-refractivity contribution in [3.8, 4) is 17.2 Å². The highest BCUT2D eigenvalue weighted by atomic mass is 32.2. The van der Waals surface area contributed by atoms with Gasteiger partial charge in [-0.1, -0.05) is 62.6 Å². The average molecular weight is 889 g/mol. The summed E-state index contributed by atoms with van der Waals surface area (Å²) in [5, 5.41) is 5.27. The van der Waals surface area contributed by atoms with Crippen LogP contribution in [0, 0.1) is 0 Å². The highest BCUT2D eigenvalue weighted by molar-refractivity contribution is 8.13. The quantitative estimate of drug-likeness (QED) is 0.0671. The van der Waals surface area contributed by atoms with Gasteiger partial charge in [0.25, 0.3) is 0 Å². The van der Waals surface area contributed by atoms with Gasteiger partial charge in [-0.3, -0.25) is 14.5 Å². The minimum Gasteiger partial charge on any atom is -0.467 e. The van der Waals surface area contributed by atoms with Crippen LogP contribution in [0.25, 0.3) is 0 Å². The van der Waals surface area contributed by atoms with Crippen LogP contribution in [0.1, 0.15) is 113 Å². The Balaban J connectivity index is 1.35. The predicted octanol–water partition coefficient (Wildman–Crippen LogP) is 8.09. The largest absolute Gasteiger partial charge is 0.467 e. The van der Waals surface area contributed by atoms with E-state index in [4.69, 9.17) is 23.7 Å². The fourth-order valence-electron chi connectivity index (χ4n) is 7.40. The number of thioether (sulfide) groups is 1. The van der Waals surface area contributed by atoms with Gasteiger partial charge in [-0.2, -0.15) is 0 Å². The van der Waals surface area contributed by atoms with E-state index in [2.05, 4.69) is 17.6 Å². The molecular formula is C47H60N4O11S. The van der Waals surface area contributed by atoms with Crippen LogP contribution in [0.15, 0.2) is 60.7 Å². The fourth-order valence-corrected chi connectivity index (χ4v) is 8.41. The number of rotatable bonds is 19. The van der Waals surface area contributed by atoms with E-state index in [1.54, 1.807) is 45.0 Å². The van der Waals surface area contributed by atoms with E-state index in [0.717, 1.165) is 48.0 Å². The van der Waals surface area contributed by atoms with Crippen molar-refractivity contribution in [3.05, 3.63) is 82.9 Å². The molecule has 340 valence electrons. The van der Waals surface area contributed by atoms with E-state index in [0.29, 0.717) is 53.7 Å². The minimum atomic E-state index is -1.34. The van der Waals surface area contributed by atoms with Crippen molar-refractivity contribution in [2.45, 2.75) is 109 Å². The van der Waals surface area contributed by atoms with Crippen molar-refractivity contribution in [2.24, 2.45) is 0 Å². The van der Waals surface area contributed by atoms with Gasteiger partial charge in [0.15, 0.2) is 10.7 Å². The number of amides is 3. The summed E-state index contributed by atoms with van der Waals surface area (Å²) in [4.78, 5) is 82.3. The second kappa shape index (κ2) is 21.5. The Morgan fingerprint density at radius 3 is 2.25 bits per heavy atom. The van der Waals surface area contributed by atoms with Crippen LogP contribution >= 0.6 is 11.8 Å². The fraction of sp³-hybridized carbons (Fsp3) is 0.489. The molecule has 2 heterocycles. The molecule has 0 saturated carbocycles. The summed E-state index contributed by atoms with van der Waals surface area (Å²) in [6.07, 6.45) is 4.72. The number of likely N-dealkylation sites (N-methyl/N-ethyl adjacent to an activating group) is 1. The van der Waals surface area contributed by atoms with E-state index < -0.39 is 53.3 Å². The first kappa shape index (κ1) is 48.3. The predicted molar refractivity (Wildman–Crippen MR) is 239 cm³/mol. The molecule has 0 saturated heterocycles. The van der Waals surface area contributed by atoms with Gasteiger partial charge in [-0.25, -0.2) is 19.2 Å². The smallest absolute Gasteiger partial charge is 0.415 e. The molecule has 15 nitrogen and oxygen atoms in total. The number of nitrogens with zero attached hydrogens (tertiary/aromatic N) is 2. The molecule has 0 radical (unpaired) electrons. The Hall–Kier alpha value is -5.77.